The summed E-state index contributed by atoms with van der Waals surface area (Å²) in [6, 6.07) is 20.4. The van der Waals surface area contributed by atoms with Crippen molar-refractivity contribution in [1.82, 2.24) is 0 Å². The number of carboxylic acid groups (broad SMARTS) is 2. The van der Waals surface area contributed by atoms with E-state index in [0.717, 1.165) is 0 Å². The molecule has 0 spiro atoms. The highest BCUT2D eigenvalue weighted by Gasteiger charge is 2.16. The van der Waals surface area contributed by atoms with E-state index in [-0.39, 0.29) is 43.7 Å². The molecule has 0 fully saturated rings. The summed E-state index contributed by atoms with van der Waals surface area (Å²) >= 11 is 11.9. The number of hydrogen-bond donors (Lipinski definition) is 4. The van der Waals surface area contributed by atoms with Crippen molar-refractivity contribution in [2.45, 2.75) is 0 Å². The molecule has 0 aliphatic heterocycles. The standard InChI is InChI=1S/C28H18Cl2N2O7/c29-17-5-11-21(27(35)36)23(13-17)31-25(33)15-1-7-19(8-2-15)39-20-9-3-16(4-10-20)26(34)32-24-14-18(30)6-12-22(24)28(37)38/h1-14H,(H,31,33)(H,32,34)(H,35,36)(H,37,38). The van der Waals surface area contributed by atoms with Gasteiger partial charge < -0.3 is 25.6 Å². The quantitative estimate of drug-likeness (QED) is 0.187. The average Bonchev–Trinajstić information content (AvgIpc) is 2.89. The van der Waals surface area contributed by atoms with Gasteiger partial charge >= 0.3 is 11.9 Å². The van der Waals surface area contributed by atoms with Crippen LogP contribution in [0.5, 0.6) is 11.5 Å². The number of anilines is 2. The molecule has 0 bridgehead atoms. The first-order valence-electron chi connectivity index (χ1n) is 11.2. The Morgan fingerprint density at radius 2 is 0.923 bits per heavy atom. The van der Waals surface area contributed by atoms with Crippen LogP contribution in [0, 0.1) is 0 Å². The summed E-state index contributed by atoms with van der Waals surface area (Å²) in [6.07, 6.45) is 0. The number of carbonyl (C=O) groups is 4. The van der Waals surface area contributed by atoms with Crippen molar-refractivity contribution < 1.29 is 34.1 Å². The minimum absolute atomic E-state index is 0.0685. The molecule has 4 aromatic carbocycles. The summed E-state index contributed by atoms with van der Waals surface area (Å²) in [5.74, 6) is -2.67. The number of rotatable bonds is 8. The third-order valence-corrected chi connectivity index (χ3v) is 5.86. The fourth-order valence-electron chi connectivity index (χ4n) is 3.49. The van der Waals surface area contributed by atoms with Crippen molar-refractivity contribution >= 4 is 58.3 Å². The highest BCUT2D eigenvalue weighted by atomic mass is 35.5. The van der Waals surface area contributed by atoms with Crippen LogP contribution in [-0.2, 0) is 0 Å². The van der Waals surface area contributed by atoms with Gasteiger partial charge in [-0.25, -0.2) is 9.59 Å². The minimum atomic E-state index is -1.20. The Kier molecular flexibility index (Phi) is 8.14. The maximum atomic E-state index is 12.6. The van der Waals surface area contributed by atoms with Crippen molar-refractivity contribution in [3.63, 3.8) is 0 Å². The molecule has 4 aromatic rings. The number of nitrogens with one attached hydrogen (secondary N) is 2. The molecule has 4 rings (SSSR count). The van der Waals surface area contributed by atoms with E-state index in [0.29, 0.717) is 11.5 Å². The molecule has 11 heteroatoms. The maximum absolute atomic E-state index is 12.6. The summed E-state index contributed by atoms with van der Waals surface area (Å²) in [6.45, 7) is 0. The minimum Gasteiger partial charge on any atom is -0.478 e. The predicted molar refractivity (Wildman–Crippen MR) is 146 cm³/mol. The highest BCUT2D eigenvalue weighted by molar-refractivity contribution is 6.31. The lowest BCUT2D eigenvalue weighted by Gasteiger charge is -2.11. The second-order valence-electron chi connectivity index (χ2n) is 8.05. The van der Waals surface area contributed by atoms with Crippen molar-refractivity contribution in [2.75, 3.05) is 10.6 Å². The SMILES string of the molecule is O=C(Nc1cc(Cl)ccc1C(=O)O)c1ccc(Oc2ccc(C(=O)Nc3cc(Cl)ccc3C(=O)O)cc2)cc1. The first kappa shape index (κ1) is 27.2. The molecule has 196 valence electrons. The molecule has 39 heavy (non-hydrogen) atoms. The summed E-state index contributed by atoms with van der Waals surface area (Å²) in [5.41, 5.74) is 0.456. The zero-order chi connectivity index (χ0) is 28.1. The van der Waals surface area contributed by atoms with Crippen molar-refractivity contribution in [2.24, 2.45) is 0 Å². The third kappa shape index (κ3) is 6.72. The number of hydrogen-bond acceptors (Lipinski definition) is 5. The lowest BCUT2D eigenvalue weighted by molar-refractivity contribution is 0.0687. The predicted octanol–water partition coefficient (Wildman–Crippen LogP) is 6.69. The van der Waals surface area contributed by atoms with E-state index >= 15 is 0 Å². The Balaban J connectivity index is 1.40. The summed E-state index contributed by atoms with van der Waals surface area (Å²) in [5, 5.41) is 24.3. The van der Waals surface area contributed by atoms with Gasteiger partial charge in [-0.2, -0.15) is 0 Å². The Hall–Kier alpha value is -4.86. The van der Waals surface area contributed by atoms with Gasteiger partial charge in [-0.05, 0) is 84.9 Å². The topological polar surface area (TPSA) is 142 Å². The zero-order valence-corrected chi connectivity index (χ0v) is 21.3. The number of ether oxygens (including phenoxy) is 1. The summed E-state index contributed by atoms with van der Waals surface area (Å²) < 4.78 is 5.76. The third-order valence-electron chi connectivity index (χ3n) is 5.39. The van der Waals surface area contributed by atoms with E-state index < -0.39 is 23.8 Å². The van der Waals surface area contributed by atoms with Crippen LogP contribution in [0.1, 0.15) is 41.4 Å². The smallest absolute Gasteiger partial charge is 0.337 e. The normalized spacial score (nSPS) is 10.4. The molecule has 0 aliphatic rings. The van der Waals surface area contributed by atoms with E-state index in [1.54, 1.807) is 24.3 Å². The van der Waals surface area contributed by atoms with Gasteiger partial charge in [0.05, 0.1) is 22.5 Å². The van der Waals surface area contributed by atoms with E-state index in [9.17, 15) is 29.4 Å². The average molecular weight is 565 g/mol. The van der Waals surface area contributed by atoms with Gasteiger partial charge in [0, 0.05) is 21.2 Å². The van der Waals surface area contributed by atoms with E-state index in [2.05, 4.69) is 10.6 Å². The van der Waals surface area contributed by atoms with Gasteiger partial charge in [0.1, 0.15) is 11.5 Å². The summed E-state index contributed by atoms with van der Waals surface area (Å²) in [7, 11) is 0. The van der Waals surface area contributed by atoms with Crippen LogP contribution < -0.4 is 15.4 Å². The molecule has 9 nitrogen and oxygen atoms in total. The van der Waals surface area contributed by atoms with Crippen molar-refractivity contribution in [1.29, 1.82) is 0 Å². The molecule has 0 aliphatic carbocycles. The first-order chi connectivity index (χ1) is 18.6. The molecule has 0 saturated carbocycles. The number of aromatic carboxylic acids is 2. The van der Waals surface area contributed by atoms with Crippen LogP contribution in [-0.4, -0.2) is 34.0 Å². The second kappa shape index (κ2) is 11.7. The molecular weight excluding hydrogens is 547 g/mol. The van der Waals surface area contributed by atoms with Gasteiger partial charge in [0.25, 0.3) is 11.8 Å². The van der Waals surface area contributed by atoms with Crippen molar-refractivity contribution in [3.8, 4) is 11.5 Å². The largest absolute Gasteiger partial charge is 0.478 e. The lowest BCUT2D eigenvalue weighted by atomic mass is 10.1. The van der Waals surface area contributed by atoms with Gasteiger partial charge in [-0.1, -0.05) is 23.2 Å². The van der Waals surface area contributed by atoms with Crippen LogP contribution in [0.25, 0.3) is 0 Å². The fourth-order valence-corrected chi connectivity index (χ4v) is 3.83. The van der Waals surface area contributed by atoms with E-state index in [4.69, 9.17) is 27.9 Å². The Morgan fingerprint density at radius 1 is 0.564 bits per heavy atom. The van der Waals surface area contributed by atoms with Gasteiger partial charge in [0.15, 0.2) is 0 Å². The maximum Gasteiger partial charge on any atom is 0.337 e. The molecule has 4 N–H and O–H groups in total. The fraction of sp³-hybridized carbons (Fsp3) is 0. The van der Waals surface area contributed by atoms with Crippen LogP contribution in [0.3, 0.4) is 0 Å². The Morgan fingerprint density at radius 3 is 1.26 bits per heavy atom. The molecule has 0 aromatic heterocycles. The Bertz CT molecular complexity index is 1470. The van der Waals surface area contributed by atoms with Crippen LogP contribution in [0.4, 0.5) is 11.4 Å². The highest BCUT2D eigenvalue weighted by Crippen LogP contribution is 2.26. The van der Waals surface area contributed by atoms with E-state index in [1.165, 1.54) is 60.7 Å². The van der Waals surface area contributed by atoms with Crippen molar-refractivity contribution in [3.05, 3.63) is 117 Å². The van der Waals surface area contributed by atoms with Crippen LogP contribution in [0.2, 0.25) is 10.0 Å². The second-order valence-corrected chi connectivity index (χ2v) is 8.92. The van der Waals surface area contributed by atoms with Gasteiger partial charge in [-0.15, -0.1) is 0 Å². The molecule has 0 heterocycles. The number of carbonyl (C=O) groups excluding carboxylic acids is 2. The number of halogens is 2. The molecule has 0 saturated heterocycles. The zero-order valence-electron chi connectivity index (χ0n) is 19.8. The lowest BCUT2D eigenvalue weighted by Crippen LogP contribution is -2.15. The molecular formula is C28H18Cl2N2O7. The monoisotopic (exact) mass is 564 g/mol. The van der Waals surface area contributed by atoms with Crippen LogP contribution >= 0.6 is 23.2 Å². The molecule has 2 amide bonds. The first-order valence-corrected chi connectivity index (χ1v) is 11.9. The molecule has 0 atom stereocenters. The number of carboxylic acids is 2. The summed E-state index contributed by atoms with van der Waals surface area (Å²) in [4.78, 5) is 48.0. The van der Waals surface area contributed by atoms with Crippen LogP contribution in [0.15, 0.2) is 84.9 Å². The number of benzene rings is 4. The number of amides is 2. The molecule has 0 unspecified atom stereocenters. The van der Waals surface area contributed by atoms with E-state index in [1.807, 2.05) is 0 Å². The van der Waals surface area contributed by atoms with Gasteiger partial charge in [-0.3, -0.25) is 9.59 Å². The molecule has 0 radical (unpaired) electrons. The van der Waals surface area contributed by atoms with Gasteiger partial charge in [0.2, 0.25) is 0 Å². The Labute approximate surface area is 231 Å².